The lowest BCUT2D eigenvalue weighted by Crippen LogP contribution is -2.29. The smallest absolute Gasteiger partial charge is 0.462 e. The van der Waals surface area contributed by atoms with Crippen molar-refractivity contribution in [2.75, 3.05) is 26.4 Å². The predicted octanol–water partition coefficient (Wildman–Crippen LogP) is 11.8. The van der Waals surface area contributed by atoms with Crippen molar-refractivity contribution in [1.82, 2.24) is 0 Å². The molecule has 0 aliphatic carbocycles. The van der Waals surface area contributed by atoms with Crippen molar-refractivity contribution in [3.8, 4) is 0 Å². The Morgan fingerprint density at radius 2 is 1.00 bits per heavy atom. The molecule has 0 aromatic rings. The fourth-order valence-corrected chi connectivity index (χ4v) is 5.68. The summed E-state index contributed by atoms with van der Waals surface area (Å²) in [6, 6.07) is 0. The largest absolute Gasteiger partial charge is 0.472 e. The molecule has 0 rings (SSSR count). The van der Waals surface area contributed by atoms with Crippen molar-refractivity contribution in [3.63, 3.8) is 0 Å². The van der Waals surface area contributed by atoms with Crippen LogP contribution in [-0.4, -0.2) is 49.3 Å². The molecule has 0 saturated heterocycles. The van der Waals surface area contributed by atoms with Crippen molar-refractivity contribution >= 4 is 19.8 Å². The van der Waals surface area contributed by atoms with Gasteiger partial charge in [0.1, 0.15) is 6.61 Å². The standard InChI is InChI=1S/C45H74NO8P/c1-3-5-7-9-11-13-15-17-19-21-23-25-27-29-31-33-35-37-44(47)51-41-43(42-53-55(49,50)52-40-39-46)54-45(48)38-36-34-32-30-28-26-24-22-20-18-16-14-12-10-8-6-4-2/h5,7,11,13,17-20,23-26,29-32,43H,3-4,6,8-10,12,14-16,21-22,27-28,33-42,46H2,1-2H3,(H,49,50). The first-order valence-corrected chi connectivity index (χ1v) is 22.2. The minimum atomic E-state index is -4.41. The number of carbonyl (C=O) groups is 2. The molecule has 0 saturated carbocycles. The molecule has 0 spiro atoms. The van der Waals surface area contributed by atoms with E-state index in [1.165, 1.54) is 38.5 Å². The van der Waals surface area contributed by atoms with Crippen LogP contribution in [0.1, 0.15) is 142 Å². The molecule has 0 fully saturated rings. The number of esters is 2. The number of allylic oxidation sites excluding steroid dienone is 16. The van der Waals surface area contributed by atoms with Crippen molar-refractivity contribution in [2.45, 2.75) is 148 Å². The van der Waals surface area contributed by atoms with Gasteiger partial charge in [-0.2, -0.15) is 0 Å². The molecule has 3 N–H and O–H groups in total. The van der Waals surface area contributed by atoms with Crippen LogP contribution in [0, 0.1) is 0 Å². The van der Waals surface area contributed by atoms with Crippen molar-refractivity contribution in [1.29, 1.82) is 0 Å². The highest BCUT2D eigenvalue weighted by molar-refractivity contribution is 7.47. The molecule has 2 atom stereocenters. The first-order chi connectivity index (χ1) is 26.8. The van der Waals surface area contributed by atoms with Gasteiger partial charge in [0.2, 0.25) is 0 Å². The lowest BCUT2D eigenvalue weighted by molar-refractivity contribution is -0.161. The van der Waals surface area contributed by atoms with E-state index in [1.807, 2.05) is 12.2 Å². The molecule has 0 aromatic carbocycles. The summed E-state index contributed by atoms with van der Waals surface area (Å²) < 4.78 is 32.6. The zero-order chi connectivity index (χ0) is 40.3. The minimum absolute atomic E-state index is 0.0327. The van der Waals surface area contributed by atoms with E-state index in [1.54, 1.807) is 0 Å². The second-order valence-electron chi connectivity index (χ2n) is 13.1. The molecule has 10 heteroatoms. The van der Waals surface area contributed by atoms with Gasteiger partial charge in [0.15, 0.2) is 6.10 Å². The monoisotopic (exact) mass is 788 g/mol. The van der Waals surface area contributed by atoms with Crippen LogP contribution in [0.15, 0.2) is 97.2 Å². The molecule has 0 aromatic heterocycles. The Labute approximate surface area is 334 Å². The predicted molar refractivity (Wildman–Crippen MR) is 228 cm³/mol. The van der Waals surface area contributed by atoms with Gasteiger partial charge < -0.3 is 20.1 Å². The summed E-state index contributed by atoms with van der Waals surface area (Å²) in [4.78, 5) is 34.8. The molecule has 0 aliphatic heterocycles. The van der Waals surface area contributed by atoms with E-state index in [0.717, 1.165) is 57.8 Å². The number of hydrogen-bond acceptors (Lipinski definition) is 8. The molecular weight excluding hydrogens is 713 g/mol. The summed E-state index contributed by atoms with van der Waals surface area (Å²) in [5, 5.41) is 0. The van der Waals surface area contributed by atoms with Gasteiger partial charge >= 0.3 is 19.8 Å². The third-order valence-corrected chi connectivity index (χ3v) is 8.94. The molecule has 0 radical (unpaired) electrons. The van der Waals surface area contributed by atoms with E-state index in [4.69, 9.17) is 24.3 Å². The maximum Gasteiger partial charge on any atom is 0.472 e. The molecule has 0 aliphatic rings. The van der Waals surface area contributed by atoms with Gasteiger partial charge in [-0.25, -0.2) is 4.57 Å². The van der Waals surface area contributed by atoms with Gasteiger partial charge in [0.05, 0.1) is 13.2 Å². The Bertz CT molecular complexity index is 1220. The fraction of sp³-hybridized carbons (Fsp3) is 0.600. The van der Waals surface area contributed by atoms with Crippen LogP contribution in [0.4, 0.5) is 0 Å². The van der Waals surface area contributed by atoms with Gasteiger partial charge in [-0.3, -0.25) is 18.6 Å². The van der Waals surface area contributed by atoms with Crippen molar-refractivity contribution in [2.24, 2.45) is 5.73 Å². The molecule has 0 heterocycles. The SMILES string of the molecule is CCC=CCC=CCC=CCC=CCC=CCCCC(=O)OCC(COP(=O)(O)OCCN)OC(=O)CCCC=CCC=CCC=CCCCCCCCC. The molecule has 312 valence electrons. The highest BCUT2D eigenvalue weighted by atomic mass is 31.2. The first-order valence-electron chi connectivity index (χ1n) is 20.7. The molecule has 9 nitrogen and oxygen atoms in total. The lowest BCUT2D eigenvalue weighted by Gasteiger charge is -2.19. The van der Waals surface area contributed by atoms with E-state index in [2.05, 4.69) is 98.9 Å². The summed E-state index contributed by atoms with van der Waals surface area (Å²) in [5.74, 6) is -0.969. The average molecular weight is 788 g/mol. The van der Waals surface area contributed by atoms with E-state index >= 15 is 0 Å². The molecule has 55 heavy (non-hydrogen) atoms. The maximum absolute atomic E-state index is 12.5. The van der Waals surface area contributed by atoms with Crippen LogP contribution in [0.5, 0.6) is 0 Å². The lowest BCUT2D eigenvalue weighted by atomic mass is 10.1. The number of hydrogen-bond donors (Lipinski definition) is 2. The van der Waals surface area contributed by atoms with Crippen LogP contribution in [0.25, 0.3) is 0 Å². The highest BCUT2D eigenvalue weighted by Crippen LogP contribution is 2.43. The van der Waals surface area contributed by atoms with Crippen LogP contribution >= 0.6 is 7.82 Å². The van der Waals surface area contributed by atoms with Crippen LogP contribution in [-0.2, 0) is 32.7 Å². The number of unbranched alkanes of at least 4 members (excludes halogenated alkanes) is 8. The fourth-order valence-electron chi connectivity index (χ4n) is 4.92. The summed E-state index contributed by atoms with van der Waals surface area (Å²) in [6.07, 6.45) is 51.7. The van der Waals surface area contributed by atoms with Crippen LogP contribution in [0.3, 0.4) is 0 Å². The van der Waals surface area contributed by atoms with E-state index < -0.39 is 32.5 Å². The Morgan fingerprint density at radius 3 is 1.49 bits per heavy atom. The van der Waals surface area contributed by atoms with Gasteiger partial charge in [0, 0.05) is 19.4 Å². The Hall–Kier alpha value is -3.07. The summed E-state index contributed by atoms with van der Waals surface area (Å²) in [5.41, 5.74) is 5.33. The number of ether oxygens (including phenoxy) is 2. The zero-order valence-electron chi connectivity index (χ0n) is 34.1. The summed E-state index contributed by atoms with van der Waals surface area (Å²) in [6.45, 7) is 3.46. The normalized spacial score (nSPS) is 14.3. The third-order valence-electron chi connectivity index (χ3n) is 7.95. The van der Waals surface area contributed by atoms with E-state index in [-0.39, 0.29) is 32.6 Å². The van der Waals surface area contributed by atoms with E-state index in [9.17, 15) is 19.0 Å². The van der Waals surface area contributed by atoms with Gasteiger partial charge in [-0.1, -0.05) is 143 Å². The topological polar surface area (TPSA) is 134 Å². The number of nitrogens with two attached hydrogens (primary N) is 1. The minimum Gasteiger partial charge on any atom is -0.462 e. The zero-order valence-corrected chi connectivity index (χ0v) is 35.0. The van der Waals surface area contributed by atoms with E-state index in [0.29, 0.717) is 19.3 Å². The first kappa shape index (κ1) is 51.9. The second-order valence-corrected chi connectivity index (χ2v) is 14.6. The van der Waals surface area contributed by atoms with Crippen LogP contribution < -0.4 is 5.73 Å². The molecule has 0 amide bonds. The third kappa shape index (κ3) is 40.4. The van der Waals surface area contributed by atoms with Crippen LogP contribution in [0.2, 0.25) is 0 Å². The Kier molecular flexibility index (Phi) is 38.3. The quantitative estimate of drug-likeness (QED) is 0.0273. The van der Waals surface area contributed by atoms with Crippen molar-refractivity contribution < 1.29 is 37.6 Å². The molecule has 2 unspecified atom stereocenters. The van der Waals surface area contributed by atoms with Crippen molar-refractivity contribution in [3.05, 3.63) is 97.2 Å². The molecule has 0 bridgehead atoms. The van der Waals surface area contributed by atoms with Gasteiger partial charge in [-0.15, -0.1) is 0 Å². The highest BCUT2D eigenvalue weighted by Gasteiger charge is 2.25. The van der Waals surface area contributed by atoms with Gasteiger partial charge in [-0.05, 0) is 83.5 Å². The number of carbonyl (C=O) groups excluding carboxylic acids is 2. The number of phosphoric acid groups is 1. The number of phosphoric ester groups is 1. The number of rotatable bonds is 37. The molecular formula is C45H74NO8P. The van der Waals surface area contributed by atoms with Gasteiger partial charge in [0.25, 0.3) is 0 Å². The second kappa shape index (κ2) is 40.6. The summed E-state index contributed by atoms with van der Waals surface area (Å²) >= 11 is 0. The Morgan fingerprint density at radius 1 is 0.564 bits per heavy atom. The average Bonchev–Trinajstić information content (AvgIpc) is 3.17. The summed E-state index contributed by atoms with van der Waals surface area (Å²) in [7, 11) is -4.41. The Balaban J connectivity index is 4.39. The maximum atomic E-state index is 12.5.